The van der Waals surface area contributed by atoms with E-state index in [0.717, 1.165) is 5.56 Å². The third-order valence-corrected chi connectivity index (χ3v) is 5.47. The summed E-state index contributed by atoms with van der Waals surface area (Å²) >= 11 is 1.72. The first kappa shape index (κ1) is 25.9. The Balaban J connectivity index is 0.000000226. The van der Waals surface area contributed by atoms with E-state index in [1.54, 1.807) is 23.7 Å². The Kier molecular flexibility index (Phi) is 9.29. The Morgan fingerprint density at radius 1 is 0.700 bits per heavy atom. The molecule has 0 bridgehead atoms. The summed E-state index contributed by atoms with van der Waals surface area (Å²) in [5, 5.41) is 0. The van der Waals surface area contributed by atoms with E-state index >= 15 is 0 Å². The van der Waals surface area contributed by atoms with E-state index in [1.807, 2.05) is 44.7 Å². The molecule has 3 aromatic heterocycles. The van der Waals surface area contributed by atoms with Gasteiger partial charge in [0, 0.05) is 29.7 Å². The van der Waals surface area contributed by atoms with Gasteiger partial charge in [-0.2, -0.15) is 0 Å². The van der Waals surface area contributed by atoms with Crippen LogP contribution in [0.1, 0.15) is 78.3 Å². The van der Waals surface area contributed by atoms with Crippen LogP contribution in [-0.2, 0) is 16.2 Å². The third kappa shape index (κ3) is 9.57. The summed E-state index contributed by atoms with van der Waals surface area (Å²) in [4.78, 5) is 13.2. The highest BCUT2D eigenvalue weighted by Gasteiger charge is 2.15. The number of hydrogen-bond donors (Lipinski definition) is 0. The molecule has 164 valence electrons. The van der Waals surface area contributed by atoms with Crippen LogP contribution in [-0.4, -0.2) is 15.0 Å². The zero-order valence-electron chi connectivity index (χ0n) is 19.8. The summed E-state index contributed by atoms with van der Waals surface area (Å²) in [5.41, 5.74) is 4.58. The molecule has 3 aromatic rings. The normalized spacial score (nSPS) is 11.7. The largest absolute Gasteiger partial charge is 0.264 e. The SMILES string of the molecule is CC(C)(C)c1cccnc1.CC(C)(C)c1cncc(F)c1.CC(C)(C)c1cncs1. The molecule has 3 heterocycles. The molecule has 0 amide bonds. The predicted molar refractivity (Wildman–Crippen MR) is 127 cm³/mol. The number of rotatable bonds is 0. The van der Waals surface area contributed by atoms with Crippen molar-refractivity contribution in [3.05, 3.63) is 76.5 Å². The van der Waals surface area contributed by atoms with E-state index in [4.69, 9.17) is 0 Å². The first-order valence-electron chi connectivity index (χ1n) is 10.1. The average molecular weight is 430 g/mol. The van der Waals surface area contributed by atoms with Crippen LogP contribution < -0.4 is 0 Å². The minimum Gasteiger partial charge on any atom is -0.264 e. The number of pyridine rings is 2. The van der Waals surface area contributed by atoms with Gasteiger partial charge in [-0.25, -0.2) is 4.39 Å². The van der Waals surface area contributed by atoms with Gasteiger partial charge in [-0.05, 0) is 39.5 Å². The molecule has 5 heteroatoms. The molecule has 0 unspecified atom stereocenters. The average Bonchev–Trinajstić information content (AvgIpc) is 3.17. The molecule has 0 spiro atoms. The van der Waals surface area contributed by atoms with Gasteiger partial charge in [0.05, 0.1) is 11.7 Å². The van der Waals surface area contributed by atoms with E-state index in [2.05, 4.69) is 62.6 Å². The minimum atomic E-state index is -0.266. The number of aromatic nitrogens is 3. The highest BCUT2D eigenvalue weighted by atomic mass is 32.1. The van der Waals surface area contributed by atoms with Gasteiger partial charge < -0.3 is 0 Å². The molecule has 0 aliphatic carbocycles. The quantitative estimate of drug-likeness (QED) is 0.375. The molecule has 0 aromatic carbocycles. The topological polar surface area (TPSA) is 38.7 Å². The summed E-state index contributed by atoms with van der Waals surface area (Å²) in [7, 11) is 0. The van der Waals surface area contributed by atoms with E-state index in [-0.39, 0.29) is 22.1 Å². The van der Waals surface area contributed by atoms with Crippen LogP contribution in [0.15, 0.2) is 54.7 Å². The lowest BCUT2D eigenvalue weighted by Crippen LogP contribution is -2.11. The second-order valence-corrected chi connectivity index (χ2v) is 11.1. The summed E-state index contributed by atoms with van der Waals surface area (Å²) in [6.07, 6.45) is 8.57. The minimum absolute atomic E-state index is 0.0188. The standard InChI is InChI=1S/C9H12FN.C9H13N.C7H11NS/c1-9(2,3)7-4-8(10)6-11-5-7;1-9(2,3)8-5-4-6-10-7-8;1-7(2,3)6-4-8-5-9-6/h4-6H,1-3H3;4-7H,1-3H3;4-5H,1-3H3. The molecule has 0 atom stereocenters. The van der Waals surface area contributed by atoms with E-state index < -0.39 is 0 Å². The molecular weight excluding hydrogens is 393 g/mol. The van der Waals surface area contributed by atoms with Gasteiger partial charge in [0.2, 0.25) is 0 Å². The van der Waals surface area contributed by atoms with Gasteiger partial charge >= 0.3 is 0 Å². The van der Waals surface area contributed by atoms with Crippen molar-refractivity contribution in [1.82, 2.24) is 15.0 Å². The lowest BCUT2D eigenvalue weighted by Gasteiger charge is -2.17. The first-order chi connectivity index (χ1) is 13.7. The van der Waals surface area contributed by atoms with Gasteiger partial charge in [0.15, 0.2) is 0 Å². The van der Waals surface area contributed by atoms with E-state index in [1.165, 1.54) is 22.7 Å². The van der Waals surface area contributed by atoms with Crippen LogP contribution in [0.4, 0.5) is 4.39 Å². The van der Waals surface area contributed by atoms with Crippen molar-refractivity contribution in [1.29, 1.82) is 0 Å². The van der Waals surface area contributed by atoms with Gasteiger partial charge in [0.1, 0.15) is 5.82 Å². The number of hydrogen-bond acceptors (Lipinski definition) is 4. The summed E-state index contributed by atoms with van der Waals surface area (Å²) < 4.78 is 12.6. The van der Waals surface area contributed by atoms with Gasteiger partial charge in [-0.3, -0.25) is 15.0 Å². The van der Waals surface area contributed by atoms with Gasteiger partial charge in [-0.1, -0.05) is 68.4 Å². The van der Waals surface area contributed by atoms with Crippen molar-refractivity contribution >= 4 is 11.3 Å². The number of halogens is 1. The van der Waals surface area contributed by atoms with Crippen molar-refractivity contribution in [2.45, 2.75) is 78.6 Å². The first-order valence-corrected chi connectivity index (χ1v) is 11.0. The molecule has 0 saturated carbocycles. The Bertz CT molecular complexity index is 856. The Morgan fingerprint density at radius 3 is 1.60 bits per heavy atom. The van der Waals surface area contributed by atoms with Crippen molar-refractivity contribution in [2.75, 3.05) is 0 Å². The zero-order chi connectivity index (χ0) is 23.0. The zero-order valence-corrected chi connectivity index (χ0v) is 20.6. The number of nitrogens with zero attached hydrogens (tertiary/aromatic N) is 3. The second-order valence-electron chi connectivity index (χ2n) is 10.2. The van der Waals surface area contributed by atoms with Crippen LogP contribution in [0, 0.1) is 5.82 Å². The lowest BCUT2D eigenvalue weighted by molar-refractivity contribution is 0.566. The molecule has 30 heavy (non-hydrogen) atoms. The Hall–Kier alpha value is -2.14. The van der Waals surface area contributed by atoms with E-state index in [9.17, 15) is 4.39 Å². The van der Waals surface area contributed by atoms with Crippen LogP contribution in [0.5, 0.6) is 0 Å². The fraction of sp³-hybridized carbons (Fsp3) is 0.480. The van der Waals surface area contributed by atoms with E-state index in [0.29, 0.717) is 0 Å². The second kappa shape index (κ2) is 10.8. The highest BCUT2D eigenvalue weighted by Crippen LogP contribution is 2.24. The van der Waals surface area contributed by atoms with Crippen LogP contribution >= 0.6 is 11.3 Å². The molecule has 0 aliphatic heterocycles. The number of thiazole rings is 1. The maximum absolute atomic E-state index is 12.6. The van der Waals surface area contributed by atoms with Crippen LogP contribution in [0.2, 0.25) is 0 Å². The molecule has 3 nitrogen and oxygen atoms in total. The van der Waals surface area contributed by atoms with Gasteiger partial charge in [-0.15, -0.1) is 11.3 Å². The third-order valence-electron chi connectivity index (χ3n) is 4.27. The summed E-state index contributed by atoms with van der Waals surface area (Å²) in [5.74, 6) is -0.266. The molecule has 0 N–H and O–H groups in total. The van der Waals surface area contributed by atoms with Crippen molar-refractivity contribution in [3.63, 3.8) is 0 Å². The van der Waals surface area contributed by atoms with Crippen LogP contribution in [0.25, 0.3) is 0 Å². The summed E-state index contributed by atoms with van der Waals surface area (Å²) in [6.45, 7) is 19.2. The van der Waals surface area contributed by atoms with Crippen LogP contribution in [0.3, 0.4) is 0 Å². The molecule has 0 radical (unpaired) electrons. The maximum Gasteiger partial charge on any atom is 0.141 e. The maximum atomic E-state index is 12.6. The Morgan fingerprint density at radius 2 is 1.30 bits per heavy atom. The smallest absolute Gasteiger partial charge is 0.141 e. The van der Waals surface area contributed by atoms with Gasteiger partial charge in [0.25, 0.3) is 0 Å². The predicted octanol–water partition coefficient (Wildman–Crippen LogP) is 7.34. The van der Waals surface area contributed by atoms with Crippen molar-refractivity contribution in [2.24, 2.45) is 0 Å². The molecule has 3 rings (SSSR count). The summed E-state index contributed by atoms with van der Waals surface area (Å²) in [6, 6.07) is 5.60. The monoisotopic (exact) mass is 429 g/mol. The Labute approximate surface area is 185 Å². The molecule has 0 fully saturated rings. The fourth-order valence-electron chi connectivity index (χ4n) is 2.21. The molecule has 0 saturated heterocycles. The fourth-order valence-corrected chi connectivity index (χ4v) is 2.93. The highest BCUT2D eigenvalue weighted by molar-refractivity contribution is 7.09. The molecular formula is C25H36FN3S. The van der Waals surface area contributed by atoms with Crippen molar-refractivity contribution in [3.8, 4) is 0 Å². The lowest BCUT2D eigenvalue weighted by atomic mass is 9.88. The molecule has 0 aliphatic rings. The van der Waals surface area contributed by atoms with Crippen molar-refractivity contribution < 1.29 is 4.39 Å².